The zero-order valence-corrected chi connectivity index (χ0v) is 46.2. The largest absolute Gasteiger partial charge is 0.478 e. The van der Waals surface area contributed by atoms with Crippen LogP contribution in [0.25, 0.3) is 11.6 Å². The molecule has 4 aliphatic rings. The molecule has 10 rings (SSSR count). The molecule has 2 aromatic carbocycles. The first-order valence-corrected chi connectivity index (χ1v) is 26.4. The van der Waals surface area contributed by atoms with Crippen molar-refractivity contribution in [2.45, 2.75) is 73.4 Å². The number of carboxylic acids is 1. The number of benzene rings is 2. The van der Waals surface area contributed by atoms with E-state index in [2.05, 4.69) is 28.5 Å². The number of hydrogen-bond donors (Lipinski definition) is 3. The van der Waals surface area contributed by atoms with Crippen molar-refractivity contribution in [1.29, 1.82) is 1.34 Å². The maximum Gasteiger partial charge on any atom is 0.338 e. The van der Waals surface area contributed by atoms with Crippen LogP contribution in [0.15, 0.2) is 119 Å². The number of aromatic nitrogens is 6. The number of fused-ring (bicyclic) bond motifs is 4. The number of nitrogens with one attached hydrogen (secondary N) is 1. The first kappa shape index (κ1) is 52.8. The van der Waals surface area contributed by atoms with Gasteiger partial charge in [-0.2, -0.15) is 0 Å². The molecule has 0 unspecified atom stereocenters. The van der Waals surface area contributed by atoms with Gasteiger partial charge in [0.15, 0.2) is 11.6 Å². The van der Waals surface area contributed by atoms with E-state index >= 15 is 0 Å². The van der Waals surface area contributed by atoms with E-state index in [9.17, 15) is 26.4 Å². The number of hydrogen-bond acceptors (Lipinski definition) is 12. The van der Waals surface area contributed by atoms with Crippen LogP contribution in [0.3, 0.4) is 0 Å². The molecule has 24 heteroatoms. The smallest absolute Gasteiger partial charge is 0.338 e. The number of aromatic carboxylic acids is 1. The van der Waals surface area contributed by atoms with Crippen molar-refractivity contribution >= 4 is 86.1 Å². The summed E-state index contributed by atoms with van der Waals surface area (Å²) in [5.41, 5.74) is -0.0819. The Hall–Kier alpha value is -4.01. The molecule has 6 atom stereocenters. The van der Waals surface area contributed by atoms with Gasteiger partial charge in [0.1, 0.15) is 22.5 Å². The zero-order chi connectivity index (χ0) is 50.6. The van der Waals surface area contributed by atoms with Gasteiger partial charge in [-0.3, -0.25) is 4.79 Å². The Morgan fingerprint density at radius 3 is 1.52 bits per heavy atom. The van der Waals surface area contributed by atoms with Gasteiger partial charge in [-0.1, -0.05) is 82.2 Å². The number of carboxylic acid groups (broad SMARTS) is 1. The number of amides is 1. The molecule has 2 radical (unpaired) electrons. The van der Waals surface area contributed by atoms with Crippen molar-refractivity contribution < 1.29 is 73.5 Å². The van der Waals surface area contributed by atoms with E-state index in [1.54, 1.807) is 77.7 Å². The number of pyridine rings is 2. The molecule has 4 bridgehead atoms. The number of nitrogens with two attached hydrogens (primary N) is 1. The molecular weight excluding hydrogens is 1310 g/mol. The number of sulfonamides is 2. The minimum Gasteiger partial charge on any atom is -0.478 e. The number of rotatable bonds is 11. The monoisotopic (exact) mass is 1360 g/mol. The fourth-order valence-electron chi connectivity index (χ4n) is 8.85. The van der Waals surface area contributed by atoms with Crippen molar-refractivity contribution in [1.82, 2.24) is 34.3 Å². The maximum atomic E-state index is 12.5. The Balaban J connectivity index is 0.000000209. The molecule has 0 spiro atoms. The number of carbonyl (C=O) groups is 2. The van der Waals surface area contributed by atoms with Gasteiger partial charge in [0.25, 0.3) is 15.9 Å². The van der Waals surface area contributed by atoms with E-state index in [-0.39, 0.29) is 74.5 Å². The van der Waals surface area contributed by atoms with Gasteiger partial charge < -0.3 is 14.6 Å². The molecule has 4 N–H and O–H groups in total. The van der Waals surface area contributed by atoms with Gasteiger partial charge >= 0.3 is 5.97 Å². The molecule has 1 amide bonds. The van der Waals surface area contributed by atoms with Crippen molar-refractivity contribution in [2.24, 2.45) is 28.8 Å². The summed E-state index contributed by atoms with van der Waals surface area (Å²) in [6.07, 6.45) is 13.8. The van der Waals surface area contributed by atoms with Crippen LogP contribution in [0.4, 0.5) is 0 Å². The van der Waals surface area contributed by atoms with Crippen LogP contribution in [0.5, 0.6) is 11.8 Å². The van der Waals surface area contributed by atoms with Crippen molar-refractivity contribution in [3.05, 3.63) is 131 Å². The molecule has 4 aromatic heterocycles. The molecule has 4 aliphatic carbocycles. The van der Waals surface area contributed by atoms with E-state index in [4.69, 9.17) is 45.6 Å². The normalized spacial score (nSPS) is 20.8. The fourth-order valence-corrected chi connectivity index (χ4v) is 10.8. The van der Waals surface area contributed by atoms with Crippen LogP contribution in [0, 0.1) is 54.8 Å². The summed E-state index contributed by atoms with van der Waals surface area (Å²) in [5, 5.41) is 22.4. The van der Waals surface area contributed by atoms with Crippen LogP contribution in [0.2, 0.25) is 10.3 Å². The van der Waals surface area contributed by atoms with E-state index in [1.165, 1.54) is 79.6 Å². The number of halogens is 3. The Labute approximate surface area is 452 Å². The maximum absolute atomic E-state index is 12.5. The molecule has 0 saturated heterocycles. The molecule has 0 aliphatic heterocycles. The van der Waals surface area contributed by atoms with E-state index in [0.717, 1.165) is 24.7 Å². The number of ether oxygens (including phenoxy) is 2. The number of alkyl halides is 1. The molecule has 17 nitrogen and oxygen atoms in total. The Bertz CT molecular complexity index is 2960. The van der Waals surface area contributed by atoms with E-state index in [1.807, 2.05) is 27.3 Å². The molecular formula is C45H48BCl2IN8O9S2U. The number of carbonyl (C=O) groups excluding carboxylic acids is 1. The Morgan fingerprint density at radius 1 is 0.725 bits per heavy atom. The third kappa shape index (κ3) is 14.3. The summed E-state index contributed by atoms with van der Waals surface area (Å²) < 4.78 is 74.6. The van der Waals surface area contributed by atoms with Gasteiger partial charge in [-0.05, 0) is 130 Å². The van der Waals surface area contributed by atoms with Gasteiger partial charge in [0.2, 0.25) is 21.8 Å². The third-order valence-electron chi connectivity index (χ3n) is 12.0. The first-order chi connectivity index (χ1) is 33.5. The van der Waals surface area contributed by atoms with E-state index < -0.39 is 31.9 Å². The predicted molar refractivity (Wildman–Crippen MR) is 265 cm³/mol. The van der Waals surface area contributed by atoms with Crippen LogP contribution in [-0.2, 0) is 20.0 Å². The minimum absolute atomic E-state index is 0. The van der Waals surface area contributed by atoms with Crippen molar-refractivity contribution in [3.8, 4) is 23.4 Å². The predicted octanol–water partition coefficient (Wildman–Crippen LogP) is 7.53. The average Bonchev–Trinajstić information content (AvgIpc) is 4.23. The molecule has 362 valence electrons. The fraction of sp³-hybridized carbons (Fsp3) is 0.333. The topological polar surface area (TPSA) is 241 Å². The second-order valence-electron chi connectivity index (χ2n) is 16.3. The van der Waals surface area contributed by atoms with Crippen LogP contribution >= 0.6 is 45.8 Å². The first-order valence-electron chi connectivity index (χ1n) is 22.4. The Morgan fingerprint density at radius 2 is 1.16 bits per heavy atom. The standard InChI is InChI=1S/C22H21ClN4O4S.C16H16ClN3O3.C6H7NO2S.CH3I.BH.U/c23-21-17(22(28)26-32(29,30)16-4-2-1-3-5-16)8-9-19(24-21)27-11-10-20(25-27)31-18-13-14-6-7-15(18)12-14;17-15-11(16(21)22)3-4-13(18-15)20-6-5-14(19-20)23-12-8-9-1-2-10(12)7-9;7-10(8,9)6-4-2-1-3-5-6;1-2;;/h1-5,8-11,14-15,18H,6-7,12-13H2,(H,26,28);3-6,9-10,12H,1-2,7-8H2,(H,21,22);1-5H,(H2,7,8,9);1H3;1H;/t14-,15+,18-;9-,10+,12-;;;;/m00..../s1/i;;;2*1D;. The second-order valence-corrected chi connectivity index (χ2v) is 20.2. The van der Waals surface area contributed by atoms with Crippen LogP contribution < -0.4 is 19.3 Å². The summed E-state index contributed by atoms with van der Waals surface area (Å²) in [6.45, 7) is 0. The summed E-state index contributed by atoms with van der Waals surface area (Å²) in [7, 11) is -3.77. The third-order valence-corrected chi connectivity index (χ3v) is 14.8. The Kier molecular flexibility index (Phi) is 19.0. The van der Waals surface area contributed by atoms with Crippen molar-refractivity contribution in [3.63, 3.8) is 0 Å². The second kappa shape index (κ2) is 24.9. The number of primary sulfonamides is 1. The average molecular weight is 1360 g/mol. The van der Waals surface area contributed by atoms with Crippen molar-refractivity contribution in [2.75, 3.05) is 4.91 Å². The van der Waals surface area contributed by atoms with Gasteiger partial charge in [0.05, 0.1) is 20.9 Å². The minimum atomic E-state index is -4.02. The quantitative estimate of drug-likeness (QED) is 0.0493. The summed E-state index contributed by atoms with van der Waals surface area (Å²) >= 11 is 14.0. The van der Waals surface area contributed by atoms with Crippen LogP contribution in [-0.4, -0.2) is 90.2 Å². The molecule has 6 aromatic rings. The van der Waals surface area contributed by atoms with Gasteiger partial charge in [-0.25, -0.2) is 50.8 Å². The molecule has 4 saturated carbocycles. The zero-order valence-electron chi connectivity index (χ0n) is 38.7. The summed E-state index contributed by atoms with van der Waals surface area (Å²) in [6, 6.07) is 25.0. The van der Waals surface area contributed by atoms with Gasteiger partial charge in [0, 0.05) is 65.4 Å². The SMILES string of the molecule is NS(=O)(=O)c1ccccc1.O=C(NS(=O)(=O)c1ccccc1)c1ccc(-n2ccc(O[C@H]3C[C@H]4CC[C@@H]3C4)n2)nc1Cl.O=C(O)c1ccc(-n2ccc(O[C@H]3C[C@H]4CC[C@@H]3C4)n2)nc1Cl.[2H]CI.[2H][B].[U]. The number of nitrogens with zero attached hydrogens (tertiary/aromatic N) is 6. The summed E-state index contributed by atoms with van der Waals surface area (Å²) in [5.74, 6) is 2.85. The van der Waals surface area contributed by atoms with E-state index in [0.29, 0.717) is 40.1 Å². The van der Waals surface area contributed by atoms with Gasteiger partial charge in [-0.15, -0.1) is 10.2 Å². The molecule has 4 fully saturated rings. The van der Waals surface area contributed by atoms with Crippen LogP contribution in [0.1, 0.15) is 73.5 Å². The summed E-state index contributed by atoms with van der Waals surface area (Å²) in [4.78, 5) is 32.3. The molecule has 4 heterocycles. The molecule has 69 heavy (non-hydrogen) atoms.